The number of rotatable bonds is 1. The predicted molar refractivity (Wildman–Crippen MR) is 73.7 cm³/mol. The number of halogens is 4. The minimum absolute atomic E-state index is 0.235. The molecule has 1 aliphatic heterocycles. The zero-order chi connectivity index (χ0) is 15.2. The van der Waals surface area contributed by atoms with Gasteiger partial charge in [-0.1, -0.05) is 11.6 Å². The third-order valence-electron chi connectivity index (χ3n) is 3.72. The summed E-state index contributed by atoms with van der Waals surface area (Å²) >= 11 is 5.86. The summed E-state index contributed by atoms with van der Waals surface area (Å²) in [6, 6.07) is 4.65. The van der Waals surface area contributed by atoms with Crippen molar-refractivity contribution in [2.45, 2.75) is 37.9 Å². The quantitative estimate of drug-likeness (QED) is 0.800. The van der Waals surface area contributed by atoms with Gasteiger partial charge in [-0.2, -0.15) is 13.2 Å². The molecule has 1 aliphatic rings. The van der Waals surface area contributed by atoms with Crippen LogP contribution in [0.2, 0.25) is 5.02 Å². The molecule has 0 saturated carbocycles. The van der Waals surface area contributed by atoms with Crippen LogP contribution < -0.4 is 5.56 Å². The molecule has 2 heterocycles. The topological polar surface area (TPSA) is 34.9 Å². The van der Waals surface area contributed by atoms with E-state index in [-0.39, 0.29) is 11.4 Å². The van der Waals surface area contributed by atoms with Gasteiger partial charge in [0.1, 0.15) is 5.82 Å². The number of hydrogen-bond acceptors (Lipinski definition) is 2. The van der Waals surface area contributed by atoms with Crippen LogP contribution in [0.15, 0.2) is 23.0 Å². The van der Waals surface area contributed by atoms with E-state index in [2.05, 4.69) is 4.98 Å². The molecular formula is C14H12ClF3N2O. The van der Waals surface area contributed by atoms with E-state index >= 15 is 0 Å². The number of fused-ring (bicyclic) bond motifs is 2. The second kappa shape index (κ2) is 5.02. The molecule has 1 unspecified atom stereocenters. The third-order valence-corrected chi connectivity index (χ3v) is 3.96. The summed E-state index contributed by atoms with van der Waals surface area (Å²) in [5.41, 5.74) is 0.0779. The smallest absolute Gasteiger partial charge is 0.296 e. The Morgan fingerprint density at radius 2 is 2.14 bits per heavy atom. The maximum atomic E-state index is 12.7. The van der Waals surface area contributed by atoms with E-state index in [9.17, 15) is 18.0 Å². The van der Waals surface area contributed by atoms with Gasteiger partial charge in [-0.3, -0.25) is 9.36 Å². The summed E-state index contributed by atoms with van der Waals surface area (Å²) in [6.07, 6.45) is -4.27. The van der Waals surface area contributed by atoms with Crippen molar-refractivity contribution >= 4 is 22.5 Å². The zero-order valence-electron chi connectivity index (χ0n) is 11.0. The van der Waals surface area contributed by atoms with Gasteiger partial charge in [-0.05, 0) is 31.0 Å². The molecule has 7 heteroatoms. The minimum Gasteiger partial charge on any atom is -0.296 e. The van der Waals surface area contributed by atoms with E-state index in [0.29, 0.717) is 35.3 Å². The lowest BCUT2D eigenvalue weighted by Crippen LogP contribution is -2.32. The van der Waals surface area contributed by atoms with E-state index in [1.165, 1.54) is 10.6 Å². The van der Waals surface area contributed by atoms with Gasteiger partial charge in [0.15, 0.2) is 0 Å². The average molecular weight is 317 g/mol. The fraction of sp³-hybridized carbons (Fsp3) is 0.429. The first-order chi connectivity index (χ1) is 9.85. The molecule has 0 aliphatic carbocycles. The van der Waals surface area contributed by atoms with Gasteiger partial charge in [-0.15, -0.1) is 0 Å². The molecule has 0 spiro atoms. The highest BCUT2D eigenvalue weighted by Gasteiger charge is 2.36. The fourth-order valence-electron chi connectivity index (χ4n) is 2.84. The van der Waals surface area contributed by atoms with Crippen molar-refractivity contribution in [2.75, 3.05) is 0 Å². The molecule has 0 N–H and O–H groups in total. The lowest BCUT2D eigenvalue weighted by atomic mass is 9.94. The van der Waals surface area contributed by atoms with E-state index in [4.69, 9.17) is 11.6 Å². The minimum atomic E-state index is -4.26. The predicted octanol–water partition coefficient (Wildman–Crippen LogP) is 3.88. The van der Waals surface area contributed by atoms with Crippen molar-refractivity contribution in [2.24, 2.45) is 0 Å². The molecule has 1 atom stereocenters. The largest absolute Gasteiger partial charge is 0.389 e. The Balaban J connectivity index is 2.17. The number of nitrogens with zero attached hydrogens (tertiary/aromatic N) is 2. The van der Waals surface area contributed by atoms with Gasteiger partial charge >= 0.3 is 6.18 Å². The van der Waals surface area contributed by atoms with Crippen LogP contribution in [0.5, 0.6) is 0 Å². The Morgan fingerprint density at radius 3 is 2.86 bits per heavy atom. The van der Waals surface area contributed by atoms with Gasteiger partial charge in [0, 0.05) is 17.5 Å². The molecule has 0 fully saturated rings. The van der Waals surface area contributed by atoms with Crippen molar-refractivity contribution in [1.29, 1.82) is 0 Å². The SMILES string of the molecule is O=c1c2cc(Cl)ccc2nc2n1CCCC2CC(F)(F)F. The Kier molecular flexibility index (Phi) is 3.43. The number of alkyl halides is 3. The zero-order valence-corrected chi connectivity index (χ0v) is 11.7. The Hall–Kier alpha value is -1.56. The Labute approximate surface area is 123 Å². The number of hydrogen-bond donors (Lipinski definition) is 0. The fourth-order valence-corrected chi connectivity index (χ4v) is 3.01. The normalized spacial score (nSPS) is 18.8. The second-order valence-corrected chi connectivity index (χ2v) is 5.68. The van der Waals surface area contributed by atoms with Crippen LogP contribution in [0.25, 0.3) is 10.9 Å². The van der Waals surface area contributed by atoms with Crippen molar-refractivity contribution in [3.63, 3.8) is 0 Å². The summed E-state index contributed by atoms with van der Waals surface area (Å²) < 4.78 is 39.4. The molecular weight excluding hydrogens is 305 g/mol. The molecule has 21 heavy (non-hydrogen) atoms. The van der Waals surface area contributed by atoms with Gasteiger partial charge in [0.2, 0.25) is 0 Å². The third kappa shape index (κ3) is 2.77. The van der Waals surface area contributed by atoms with E-state index in [1.54, 1.807) is 12.1 Å². The highest BCUT2D eigenvalue weighted by Crippen LogP contribution is 2.36. The second-order valence-electron chi connectivity index (χ2n) is 5.25. The highest BCUT2D eigenvalue weighted by molar-refractivity contribution is 6.31. The molecule has 0 radical (unpaired) electrons. The maximum absolute atomic E-state index is 12.7. The van der Waals surface area contributed by atoms with Crippen LogP contribution in [-0.4, -0.2) is 15.7 Å². The molecule has 2 aromatic rings. The van der Waals surface area contributed by atoms with E-state index in [1.807, 2.05) is 0 Å². The molecule has 1 aromatic heterocycles. The van der Waals surface area contributed by atoms with E-state index in [0.717, 1.165) is 0 Å². The molecule has 3 rings (SSSR count). The summed E-state index contributed by atoms with van der Waals surface area (Å²) in [4.78, 5) is 16.7. The van der Waals surface area contributed by atoms with Crippen molar-refractivity contribution in [1.82, 2.24) is 9.55 Å². The van der Waals surface area contributed by atoms with Crippen LogP contribution >= 0.6 is 11.6 Å². The van der Waals surface area contributed by atoms with Crippen molar-refractivity contribution < 1.29 is 13.2 Å². The molecule has 0 amide bonds. The first-order valence-corrected chi connectivity index (χ1v) is 7.00. The van der Waals surface area contributed by atoms with Crippen LogP contribution in [0.3, 0.4) is 0 Å². The Bertz CT molecular complexity index is 754. The molecule has 0 saturated heterocycles. The lowest BCUT2D eigenvalue weighted by Gasteiger charge is -2.26. The highest BCUT2D eigenvalue weighted by atomic mass is 35.5. The molecule has 3 nitrogen and oxygen atoms in total. The van der Waals surface area contributed by atoms with Gasteiger partial charge < -0.3 is 0 Å². The van der Waals surface area contributed by atoms with Crippen molar-refractivity contribution in [3.05, 3.63) is 39.4 Å². The first-order valence-electron chi connectivity index (χ1n) is 6.62. The van der Waals surface area contributed by atoms with Crippen molar-refractivity contribution in [3.8, 4) is 0 Å². The lowest BCUT2D eigenvalue weighted by molar-refractivity contribution is -0.140. The van der Waals surface area contributed by atoms with Gasteiger partial charge in [-0.25, -0.2) is 4.98 Å². The standard InChI is InChI=1S/C14H12ClF3N2O/c15-9-3-4-11-10(6-9)13(21)20-5-1-2-8(12(20)19-11)7-14(16,17)18/h3-4,6,8H,1-2,5,7H2. The monoisotopic (exact) mass is 316 g/mol. The van der Waals surface area contributed by atoms with Crippen LogP contribution in [0, 0.1) is 0 Å². The first kappa shape index (κ1) is 14.4. The van der Waals surface area contributed by atoms with Crippen LogP contribution in [-0.2, 0) is 6.54 Å². The molecule has 0 bridgehead atoms. The summed E-state index contributed by atoms with van der Waals surface area (Å²) in [7, 11) is 0. The summed E-state index contributed by atoms with van der Waals surface area (Å²) in [5.74, 6) is -0.523. The van der Waals surface area contributed by atoms with E-state index < -0.39 is 18.5 Å². The average Bonchev–Trinajstić information content (AvgIpc) is 2.39. The molecule has 112 valence electrons. The maximum Gasteiger partial charge on any atom is 0.389 e. The van der Waals surface area contributed by atoms with Gasteiger partial charge in [0.25, 0.3) is 5.56 Å². The van der Waals surface area contributed by atoms with Gasteiger partial charge in [0.05, 0.1) is 17.3 Å². The van der Waals surface area contributed by atoms with Crippen LogP contribution in [0.4, 0.5) is 13.2 Å². The number of benzene rings is 1. The number of aromatic nitrogens is 2. The summed E-state index contributed by atoms with van der Waals surface area (Å²) in [6.45, 7) is 0.401. The van der Waals surface area contributed by atoms with Crippen LogP contribution in [0.1, 0.15) is 31.0 Å². The summed E-state index contributed by atoms with van der Waals surface area (Å²) in [5, 5.41) is 0.753. The molecule has 1 aromatic carbocycles. The Morgan fingerprint density at radius 1 is 1.38 bits per heavy atom.